The highest BCUT2D eigenvalue weighted by Gasteiger charge is 2.44. The molecule has 158 valence electrons. The summed E-state index contributed by atoms with van der Waals surface area (Å²) in [6.07, 6.45) is 2.76. The van der Waals surface area contributed by atoms with E-state index in [-0.39, 0.29) is 23.5 Å². The van der Waals surface area contributed by atoms with Gasteiger partial charge in [0.2, 0.25) is 5.91 Å². The van der Waals surface area contributed by atoms with Crippen molar-refractivity contribution in [2.75, 3.05) is 25.5 Å². The van der Waals surface area contributed by atoms with Gasteiger partial charge >= 0.3 is 6.03 Å². The number of hydrogen-bond donors (Lipinski definition) is 2. The zero-order valence-electron chi connectivity index (χ0n) is 17.6. The topological polar surface area (TPSA) is 70.7 Å². The number of aryl methyl sites for hydroxylation is 1. The molecule has 0 saturated carbocycles. The molecule has 6 heteroatoms. The van der Waals surface area contributed by atoms with Crippen LogP contribution in [0.25, 0.3) is 0 Å². The number of hydrogen-bond acceptors (Lipinski definition) is 3. The van der Waals surface area contributed by atoms with Crippen molar-refractivity contribution in [3.05, 3.63) is 59.7 Å². The summed E-state index contributed by atoms with van der Waals surface area (Å²) in [4.78, 5) is 26.7. The van der Waals surface area contributed by atoms with Gasteiger partial charge in [-0.15, -0.1) is 0 Å². The minimum Gasteiger partial charge on any atom is -0.487 e. The van der Waals surface area contributed by atoms with Crippen molar-refractivity contribution >= 4 is 17.6 Å². The average Bonchev–Trinajstić information content (AvgIpc) is 2.74. The third kappa shape index (κ3) is 4.27. The summed E-state index contributed by atoms with van der Waals surface area (Å²) in [6.45, 7) is 3.27. The maximum Gasteiger partial charge on any atom is 0.321 e. The number of rotatable bonds is 3. The molecule has 30 heavy (non-hydrogen) atoms. The minimum absolute atomic E-state index is 0.0434. The van der Waals surface area contributed by atoms with E-state index in [2.05, 4.69) is 16.7 Å². The first-order valence-electron chi connectivity index (χ1n) is 10.6. The van der Waals surface area contributed by atoms with Crippen molar-refractivity contribution in [1.29, 1.82) is 0 Å². The fourth-order valence-corrected chi connectivity index (χ4v) is 4.60. The highest BCUT2D eigenvalue weighted by Crippen LogP contribution is 2.46. The fourth-order valence-electron chi connectivity index (χ4n) is 4.60. The van der Waals surface area contributed by atoms with Gasteiger partial charge in [0.15, 0.2) is 0 Å². The number of likely N-dealkylation sites (tertiary alicyclic amines) is 1. The van der Waals surface area contributed by atoms with Crippen molar-refractivity contribution in [2.45, 2.75) is 44.1 Å². The molecule has 2 aromatic rings. The Morgan fingerprint density at radius 2 is 1.90 bits per heavy atom. The van der Waals surface area contributed by atoms with Crippen molar-refractivity contribution in [1.82, 2.24) is 10.2 Å². The van der Waals surface area contributed by atoms with Crippen LogP contribution in [0.15, 0.2) is 48.5 Å². The smallest absolute Gasteiger partial charge is 0.321 e. The van der Waals surface area contributed by atoms with Gasteiger partial charge in [-0.25, -0.2) is 4.79 Å². The molecule has 2 heterocycles. The second-order valence-electron chi connectivity index (χ2n) is 8.39. The summed E-state index contributed by atoms with van der Waals surface area (Å²) in [5.74, 6) is 1.04. The van der Waals surface area contributed by atoms with Gasteiger partial charge in [-0.1, -0.05) is 30.3 Å². The maximum absolute atomic E-state index is 12.7. The molecule has 2 aliphatic heterocycles. The van der Waals surface area contributed by atoms with Crippen molar-refractivity contribution < 1.29 is 14.3 Å². The van der Waals surface area contributed by atoms with Crippen LogP contribution in [0.5, 0.6) is 5.75 Å². The van der Waals surface area contributed by atoms with Crippen LogP contribution < -0.4 is 15.4 Å². The summed E-state index contributed by atoms with van der Waals surface area (Å²) < 4.78 is 6.48. The predicted molar refractivity (Wildman–Crippen MR) is 117 cm³/mol. The molecule has 2 aromatic carbocycles. The largest absolute Gasteiger partial charge is 0.487 e. The van der Waals surface area contributed by atoms with Gasteiger partial charge < -0.3 is 20.3 Å². The summed E-state index contributed by atoms with van der Waals surface area (Å²) >= 11 is 0. The molecule has 1 spiro atoms. The number of nitrogens with zero attached hydrogens (tertiary/aromatic N) is 1. The van der Waals surface area contributed by atoms with Crippen LogP contribution in [0.1, 0.15) is 42.7 Å². The van der Waals surface area contributed by atoms with E-state index >= 15 is 0 Å². The zero-order chi connectivity index (χ0) is 21.1. The summed E-state index contributed by atoms with van der Waals surface area (Å²) in [7, 11) is 1.68. The van der Waals surface area contributed by atoms with Crippen LogP contribution in [0.4, 0.5) is 10.5 Å². The first-order chi connectivity index (χ1) is 14.5. The zero-order valence-corrected chi connectivity index (χ0v) is 17.6. The fraction of sp³-hybridized carbons (Fsp3) is 0.417. The molecule has 1 fully saturated rings. The van der Waals surface area contributed by atoms with E-state index in [1.165, 1.54) is 0 Å². The van der Waals surface area contributed by atoms with Gasteiger partial charge in [0.1, 0.15) is 11.4 Å². The number of carbonyl (C=O) groups excluding carboxylic acids is 2. The van der Waals surface area contributed by atoms with Crippen LogP contribution >= 0.6 is 0 Å². The lowest BCUT2D eigenvalue weighted by Crippen LogP contribution is -2.52. The minimum atomic E-state index is -0.326. The van der Waals surface area contributed by atoms with E-state index in [4.69, 9.17) is 4.74 Å². The lowest BCUT2D eigenvalue weighted by Gasteiger charge is -2.46. The Hall–Kier alpha value is -3.02. The Morgan fingerprint density at radius 1 is 1.13 bits per heavy atom. The molecule has 3 amide bonds. The Labute approximate surface area is 177 Å². The maximum atomic E-state index is 12.7. The van der Waals surface area contributed by atoms with Crippen molar-refractivity contribution in [2.24, 2.45) is 0 Å². The summed E-state index contributed by atoms with van der Waals surface area (Å²) in [6, 6.07) is 15.8. The molecule has 2 N–H and O–H groups in total. The quantitative estimate of drug-likeness (QED) is 0.806. The Morgan fingerprint density at radius 3 is 2.63 bits per heavy atom. The highest BCUT2D eigenvalue weighted by atomic mass is 16.5. The molecular weight excluding hydrogens is 378 g/mol. The van der Waals surface area contributed by atoms with Gasteiger partial charge in [0, 0.05) is 51.0 Å². The molecule has 6 nitrogen and oxygen atoms in total. The third-order valence-corrected chi connectivity index (χ3v) is 6.25. The SMILES string of the molecule is CNC(=O)CC1CC2(CCN(C(=O)Nc3cccc(C)c3)CC2)Oc2ccccc21. The second kappa shape index (κ2) is 8.38. The van der Waals surface area contributed by atoms with E-state index in [1.54, 1.807) is 7.05 Å². The monoisotopic (exact) mass is 407 g/mol. The van der Waals surface area contributed by atoms with E-state index in [0.717, 1.165) is 41.8 Å². The molecule has 0 aliphatic carbocycles. The van der Waals surface area contributed by atoms with Gasteiger partial charge in [0.05, 0.1) is 0 Å². The summed E-state index contributed by atoms with van der Waals surface area (Å²) in [5.41, 5.74) is 2.70. The van der Waals surface area contributed by atoms with E-state index in [9.17, 15) is 9.59 Å². The molecule has 2 aliphatic rings. The molecule has 0 bridgehead atoms. The number of carbonyl (C=O) groups is 2. The number of piperidine rings is 1. The number of benzene rings is 2. The van der Waals surface area contributed by atoms with E-state index in [1.807, 2.05) is 54.3 Å². The van der Waals surface area contributed by atoms with Crippen LogP contribution in [0.3, 0.4) is 0 Å². The lowest BCUT2D eigenvalue weighted by atomic mass is 9.76. The Balaban J connectivity index is 1.44. The summed E-state index contributed by atoms with van der Waals surface area (Å²) in [5, 5.41) is 5.74. The number of urea groups is 1. The van der Waals surface area contributed by atoms with Crippen molar-refractivity contribution in [3.8, 4) is 5.75 Å². The first kappa shape index (κ1) is 20.3. The van der Waals surface area contributed by atoms with Gasteiger partial charge in [0.25, 0.3) is 0 Å². The van der Waals surface area contributed by atoms with Gasteiger partial charge in [-0.3, -0.25) is 4.79 Å². The first-order valence-corrected chi connectivity index (χ1v) is 10.6. The van der Waals surface area contributed by atoms with Gasteiger partial charge in [-0.05, 0) is 42.7 Å². The third-order valence-electron chi connectivity index (χ3n) is 6.25. The molecule has 1 atom stereocenters. The number of anilines is 1. The number of nitrogens with one attached hydrogen (secondary N) is 2. The van der Waals surface area contributed by atoms with Crippen LogP contribution in [0, 0.1) is 6.92 Å². The molecular formula is C24H29N3O3. The molecule has 4 rings (SSSR count). The molecule has 1 saturated heterocycles. The van der Waals surface area contributed by atoms with E-state index < -0.39 is 0 Å². The predicted octanol–water partition coefficient (Wildman–Crippen LogP) is 4.06. The Bertz CT molecular complexity index is 935. The normalized spacial score (nSPS) is 19.5. The van der Waals surface area contributed by atoms with Gasteiger partial charge in [-0.2, -0.15) is 0 Å². The van der Waals surface area contributed by atoms with E-state index in [0.29, 0.717) is 19.5 Å². The molecule has 0 aromatic heterocycles. The standard InChI is InChI=1S/C24H29N3O3/c1-17-6-5-7-19(14-17)26-23(29)27-12-10-24(11-13-27)16-18(15-22(28)25-2)20-8-3-4-9-21(20)30-24/h3-9,14,18H,10-13,15-16H2,1-2H3,(H,25,28)(H,26,29). The second-order valence-corrected chi connectivity index (χ2v) is 8.39. The number of amides is 3. The number of para-hydroxylation sites is 1. The Kier molecular flexibility index (Phi) is 5.66. The van der Waals surface area contributed by atoms with Crippen LogP contribution in [-0.4, -0.2) is 42.6 Å². The molecule has 1 unspecified atom stereocenters. The highest BCUT2D eigenvalue weighted by molar-refractivity contribution is 5.89. The van der Waals surface area contributed by atoms with Crippen LogP contribution in [-0.2, 0) is 4.79 Å². The number of fused-ring (bicyclic) bond motifs is 1. The average molecular weight is 408 g/mol. The lowest BCUT2D eigenvalue weighted by molar-refractivity contribution is -0.121. The number of ether oxygens (including phenoxy) is 1. The van der Waals surface area contributed by atoms with Crippen molar-refractivity contribution in [3.63, 3.8) is 0 Å². The van der Waals surface area contributed by atoms with Crippen LogP contribution in [0.2, 0.25) is 0 Å². The molecule has 0 radical (unpaired) electrons.